The van der Waals surface area contributed by atoms with Gasteiger partial charge in [0.15, 0.2) is 0 Å². The van der Waals surface area contributed by atoms with E-state index in [1.54, 1.807) is 0 Å². The fourth-order valence-corrected chi connectivity index (χ4v) is 3.50. The van der Waals surface area contributed by atoms with E-state index >= 15 is 0 Å². The highest BCUT2D eigenvalue weighted by atomic mass is 32.1. The lowest BCUT2D eigenvalue weighted by Gasteiger charge is -2.09. The van der Waals surface area contributed by atoms with E-state index in [0.29, 0.717) is 5.92 Å². The Bertz CT molecular complexity index is 547. The highest BCUT2D eigenvalue weighted by Crippen LogP contribution is 2.31. The van der Waals surface area contributed by atoms with E-state index in [1.165, 1.54) is 26.9 Å². The maximum Gasteiger partial charge on any atom is 0.0734 e. The molecule has 1 aromatic carbocycles. The maximum absolute atomic E-state index is 5.92. The van der Waals surface area contributed by atoms with E-state index in [-0.39, 0.29) is 0 Å². The summed E-state index contributed by atoms with van der Waals surface area (Å²) in [7, 11) is 0. The fraction of sp³-hybridized carbons (Fsp3) is 0.556. The van der Waals surface area contributed by atoms with Crippen LogP contribution in [0, 0.1) is 5.92 Å². The number of thiophene rings is 1. The smallest absolute Gasteiger partial charge is 0.0734 e. The van der Waals surface area contributed by atoms with Gasteiger partial charge >= 0.3 is 0 Å². The summed E-state index contributed by atoms with van der Waals surface area (Å²) in [4.78, 5) is 1.43. The molecular formula is C18H27NOS. The molecule has 116 valence electrons. The van der Waals surface area contributed by atoms with Crippen molar-refractivity contribution in [2.45, 2.75) is 46.8 Å². The van der Waals surface area contributed by atoms with Crippen molar-refractivity contribution in [2.75, 3.05) is 13.2 Å². The molecule has 0 aliphatic carbocycles. The van der Waals surface area contributed by atoms with E-state index in [4.69, 9.17) is 4.74 Å². The van der Waals surface area contributed by atoms with Crippen LogP contribution in [0.1, 0.15) is 44.1 Å². The van der Waals surface area contributed by atoms with Crippen LogP contribution in [0.4, 0.5) is 0 Å². The van der Waals surface area contributed by atoms with Gasteiger partial charge < -0.3 is 10.1 Å². The molecule has 0 saturated heterocycles. The zero-order chi connectivity index (χ0) is 15.1. The third-order valence-electron chi connectivity index (χ3n) is 3.58. The summed E-state index contributed by atoms with van der Waals surface area (Å²) >= 11 is 1.90. The van der Waals surface area contributed by atoms with Crippen molar-refractivity contribution in [3.63, 3.8) is 0 Å². The van der Waals surface area contributed by atoms with Crippen molar-refractivity contribution in [2.24, 2.45) is 5.92 Å². The molecule has 0 aliphatic heterocycles. The largest absolute Gasteiger partial charge is 0.377 e. The van der Waals surface area contributed by atoms with E-state index in [2.05, 4.69) is 50.4 Å². The second-order valence-corrected chi connectivity index (χ2v) is 7.05. The Kier molecular flexibility index (Phi) is 6.68. The highest BCUT2D eigenvalue weighted by molar-refractivity contribution is 7.19. The Morgan fingerprint density at radius 1 is 1.24 bits per heavy atom. The van der Waals surface area contributed by atoms with E-state index in [9.17, 15) is 0 Å². The number of benzene rings is 1. The van der Waals surface area contributed by atoms with Crippen molar-refractivity contribution in [1.82, 2.24) is 5.32 Å². The predicted octanol–water partition coefficient (Wildman–Crippen LogP) is 4.96. The number of hydrogen-bond donors (Lipinski definition) is 1. The molecule has 1 heterocycles. The van der Waals surface area contributed by atoms with Gasteiger partial charge in [0.05, 0.1) is 6.61 Å². The Morgan fingerprint density at radius 2 is 2.05 bits per heavy atom. The number of hydrogen-bond acceptors (Lipinski definition) is 3. The molecule has 0 bridgehead atoms. The SMILES string of the molecule is CCCNCc1sc2ccccc2c1COCCC(C)C. The number of rotatable bonds is 9. The number of nitrogens with one attached hydrogen (secondary N) is 1. The van der Waals surface area contributed by atoms with Gasteiger partial charge in [0, 0.05) is 28.3 Å². The average Bonchev–Trinajstić information content (AvgIpc) is 2.81. The molecule has 0 aliphatic rings. The molecule has 0 atom stereocenters. The summed E-state index contributed by atoms with van der Waals surface area (Å²) in [5.41, 5.74) is 1.38. The van der Waals surface area contributed by atoms with Crippen LogP contribution in [0.3, 0.4) is 0 Å². The lowest BCUT2D eigenvalue weighted by Crippen LogP contribution is -2.14. The van der Waals surface area contributed by atoms with Gasteiger partial charge in [-0.05, 0) is 36.8 Å². The van der Waals surface area contributed by atoms with Crippen molar-refractivity contribution in [3.05, 3.63) is 34.7 Å². The van der Waals surface area contributed by atoms with Crippen LogP contribution in [-0.2, 0) is 17.9 Å². The molecule has 0 radical (unpaired) electrons. The van der Waals surface area contributed by atoms with Gasteiger partial charge in [0.25, 0.3) is 0 Å². The molecule has 2 rings (SSSR count). The molecule has 2 nitrogen and oxygen atoms in total. The van der Waals surface area contributed by atoms with Gasteiger partial charge in [-0.2, -0.15) is 0 Å². The lowest BCUT2D eigenvalue weighted by atomic mass is 10.1. The summed E-state index contributed by atoms with van der Waals surface area (Å²) in [5.74, 6) is 0.704. The monoisotopic (exact) mass is 305 g/mol. The first-order chi connectivity index (χ1) is 10.2. The molecule has 0 spiro atoms. The molecular weight excluding hydrogens is 278 g/mol. The first-order valence-electron chi connectivity index (χ1n) is 8.00. The third kappa shape index (κ3) is 4.80. The molecule has 1 N–H and O–H groups in total. The van der Waals surface area contributed by atoms with Crippen molar-refractivity contribution in [1.29, 1.82) is 0 Å². The summed E-state index contributed by atoms with van der Waals surface area (Å²) in [6.07, 6.45) is 2.30. The van der Waals surface area contributed by atoms with Gasteiger partial charge in [-0.3, -0.25) is 0 Å². The second-order valence-electron chi connectivity index (χ2n) is 5.91. The van der Waals surface area contributed by atoms with Crippen LogP contribution in [0.2, 0.25) is 0 Å². The maximum atomic E-state index is 5.92. The fourth-order valence-electron chi connectivity index (χ4n) is 2.32. The average molecular weight is 305 g/mol. The predicted molar refractivity (Wildman–Crippen MR) is 92.9 cm³/mol. The van der Waals surface area contributed by atoms with Crippen LogP contribution in [0.5, 0.6) is 0 Å². The van der Waals surface area contributed by atoms with Crippen LogP contribution < -0.4 is 5.32 Å². The van der Waals surface area contributed by atoms with E-state index in [0.717, 1.165) is 32.7 Å². The molecule has 2 aromatic rings. The lowest BCUT2D eigenvalue weighted by molar-refractivity contribution is 0.111. The summed E-state index contributed by atoms with van der Waals surface area (Å²) in [6, 6.07) is 8.67. The summed E-state index contributed by atoms with van der Waals surface area (Å²) < 4.78 is 7.29. The van der Waals surface area contributed by atoms with Crippen molar-refractivity contribution in [3.8, 4) is 0 Å². The molecule has 0 fully saturated rings. The quantitative estimate of drug-likeness (QED) is 0.661. The van der Waals surface area contributed by atoms with Gasteiger partial charge in [-0.1, -0.05) is 39.0 Å². The minimum atomic E-state index is 0.704. The molecule has 21 heavy (non-hydrogen) atoms. The molecule has 0 unspecified atom stereocenters. The molecule has 0 amide bonds. The highest BCUT2D eigenvalue weighted by Gasteiger charge is 2.11. The van der Waals surface area contributed by atoms with Crippen molar-refractivity contribution < 1.29 is 4.74 Å². The Hall–Kier alpha value is -0.900. The van der Waals surface area contributed by atoms with Gasteiger partial charge in [-0.25, -0.2) is 0 Å². The second kappa shape index (κ2) is 8.52. The first-order valence-corrected chi connectivity index (χ1v) is 8.81. The molecule has 3 heteroatoms. The normalized spacial score (nSPS) is 11.6. The van der Waals surface area contributed by atoms with Crippen LogP contribution in [0.15, 0.2) is 24.3 Å². The van der Waals surface area contributed by atoms with E-state index < -0.39 is 0 Å². The minimum absolute atomic E-state index is 0.704. The Labute approximate surface area is 132 Å². The standard InChI is InChI=1S/C18H27NOS/c1-4-10-19-12-18-16(13-20-11-9-14(2)3)15-7-5-6-8-17(15)21-18/h5-8,14,19H,4,9-13H2,1-3H3. The van der Waals surface area contributed by atoms with Crippen LogP contribution in [0.25, 0.3) is 10.1 Å². The minimum Gasteiger partial charge on any atom is -0.377 e. The van der Waals surface area contributed by atoms with Gasteiger partial charge in [0.2, 0.25) is 0 Å². The Morgan fingerprint density at radius 3 is 2.81 bits per heavy atom. The Balaban J connectivity index is 2.07. The molecule has 0 saturated carbocycles. The topological polar surface area (TPSA) is 21.3 Å². The van der Waals surface area contributed by atoms with Gasteiger partial charge in [-0.15, -0.1) is 11.3 Å². The third-order valence-corrected chi connectivity index (χ3v) is 4.79. The van der Waals surface area contributed by atoms with Crippen LogP contribution >= 0.6 is 11.3 Å². The zero-order valence-corrected chi connectivity index (χ0v) is 14.3. The summed E-state index contributed by atoms with van der Waals surface area (Å²) in [5, 5.41) is 4.88. The van der Waals surface area contributed by atoms with Crippen molar-refractivity contribution >= 4 is 21.4 Å². The van der Waals surface area contributed by atoms with E-state index in [1.807, 2.05) is 11.3 Å². The number of fused-ring (bicyclic) bond motifs is 1. The first kappa shape index (κ1) is 16.5. The van der Waals surface area contributed by atoms with Crippen LogP contribution in [-0.4, -0.2) is 13.2 Å². The summed E-state index contributed by atoms with van der Waals surface area (Å²) in [6.45, 7) is 10.3. The zero-order valence-electron chi connectivity index (χ0n) is 13.4. The number of ether oxygens (including phenoxy) is 1. The van der Waals surface area contributed by atoms with Gasteiger partial charge in [0.1, 0.15) is 0 Å². The molecule has 1 aromatic heterocycles.